The average molecular weight is 404 g/mol. The van der Waals surface area contributed by atoms with E-state index in [0.717, 1.165) is 49.2 Å². The summed E-state index contributed by atoms with van der Waals surface area (Å²) >= 11 is 1.59. The zero-order valence-corrected chi connectivity index (χ0v) is 16.9. The van der Waals surface area contributed by atoms with Crippen LogP contribution < -0.4 is 10.9 Å². The lowest BCUT2D eigenvalue weighted by molar-refractivity contribution is -0.134. The van der Waals surface area contributed by atoms with E-state index >= 15 is 0 Å². The predicted octanol–water partition coefficient (Wildman–Crippen LogP) is 0.227. The summed E-state index contributed by atoms with van der Waals surface area (Å²) in [6, 6.07) is 0. The van der Waals surface area contributed by atoms with Crippen LogP contribution in [0.25, 0.3) is 10.2 Å². The number of hydrogen-bond donors (Lipinski definition) is 1. The number of aryl methyl sites for hydroxylation is 2. The number of carbonyl (C=O) groups is 2. The minimum Gasteiger partial charge on any atom is -0.345 e. The van der Waals surface area contributed by atoms with Gasteiger partial charge >= 0.3 is 0 Å². The van der Waals surface area contributed by atoms with Crippen LogP contribution in [0.15, 0.2) is 11.1 Å². The average Bonchev–Trinajstić information content (AvgIpc) is 3.08. The summed E-state index contributed by atoms with van der Waals surface area (Å²) in [7, 11) is 2.02. The molecule has 0 spiro atoms. The Morgan fingerprint density at radius 1 is 1.18 bits per heavy atom. The minimum atomic E-state index is -0.352. The Morgan fingerprint density at radius 2 is 1.93 bits per heavy atom. The molecule has 1 saturated heterocycles. The molecule has 1 N–H and O–H groups in total. The molecule has 150 valence electrons. The number of fused-ring (bicyclic) bond motifs is 3. The number of aromatic nitrogens is 2. The number of nitrogens with one attached hydrogen (secondary N) is 1. The lowest BCUT2D eigenvalue weighted by Crippen LogP contribution is -2.50. The molecule has 2 aromatic heterocycles. The summed E-state index contributed by atoms with van der Waals surface area (Å²) in [6.07, 6.45) is 5.58. The maximum Gasteiger partial charge on any atom is 0.262 e. The monoisotopic (exact) mass is 403 g/mol. The van der Waals surface area contributed by atoms with E-state index < -0.39 is 0 Å². The molecule has 2 aliphatic rings. The predicted molar refractivity (Wildman–Crippen MR) is 108 cm³/mol. The third-order valence-corrected chi connectivity index (χ3v) is 6.75. The van der Waals surface area contributed by atoms with Crippen LogP contribution in [-0.4, -0.2) is 70.9 Å². The zero-order valence-electron chi connectivity index (χ0n) is 16.1. The normalized spacial score (nSPS) is 17.5. The molecule has 4 rings (SSSR count). The Balaban J connectivity index is 1.40. The van der Waals surface area contributed by atoms with Crippen molar-refractivity contribution in [3.63, 3.8) is 0 Å². The number of piperazine rings is 1. The molecule has 1 fully saturated rings. The van der Waals surface area contributed by atoms with Crippen LogP contribution in [0.4, 0.5) is 0 Å². The Bertz CT molecular complexity index is 958. The summed E-state index contributed by atoms with van der Waals surface area (Å²) in [5.74, 6) is -0.441. The lowest BCUT2D eigenvalue weighted by atomic mass is 9.97. The van der Waals surface area contributed by atoms with Crippen molar-refractivity contribution in [3.8, 4) is 0 Å². The Morgan fingerprint density at radius 3 is 2.71 bits per heavy atom. The number of hydrogen-bond acceptors (Lipinski definition) is 6. The maximum atomic E-state index is 12.9. The fourth-order valence-corrected chi connectivity index (χ4v) is 5.07. The molecule has 0 atom stereocenters. The molecule has 1 aliphatic carbocycles. The SMILES string of the molecule is CN1CCN(C(=O)CNC(=O)Cn2cnc3sc4c(c3c2=O)CCCC4)CC1. The van der Waals surface area contributed by atoms with E-state index in [1.165, 1.54) is 15.8 Å². The molecular formula is C19H25N5O3S. The van der Waals surface area contributed by atoms with Crippen molar-refractivity contribution in [2.24, 2.45) is 0 Å². The quantitative estimate of drug-likeness (QED) is 0.790. The third kappa shape index (κ3) is 3.81. The molecule has 9 heteroatoms. The van der Waals surface area contributed by atoms with E-state index in [0.29, 0.717) is 18.5 Å². The molecular weight excluding hydrogens is 378 g/mol. The highest BCUT2D eigenvalue weighted by atomic mass is 32.1. The van der Waals surface area contributed by atoms with Gasteiger partial charge in [-0.25, -0.2) is 4.98 Å². The van der Waals surface area contributed by atoms with Gasteiger partial charge in [0.1, 0.15) is 11.4 Å². The number of likely N-dealkylation sites (N-methyl/N-ethyl adjacent to an activating group) is 1. The number of thiophene rings is 1. The lowest BCUT2D eigenvalue weighted by Gasteiger charge is -2.32. The summed E-state index contributed by atoms with van der Waals surface area (Å²) in [4.78, 5) is 47.8. The van der Waals surface area contributed by atoms with Crippen molar-refractivity contribution in [1.82, 2.24) is 24.7 Å². The second-order valence-corrected chi connectivity index (χ2v) is 8.61. The van der Waals surface area contributed by atoms with Crippen molar-refractivity contribution in [2.75, 3.05) is 39.8 Å². The van der Waals surface area contributed by atoms with Crippen molar-refractivity contribution in [2.45, 2.75) is 32.2 Å². The first kappa shape index (κ1) is 19.1. The Labute approximate surface area is 167 Å². The molecule has 3 heterocycles. The van der Waals surface area contributed by atoms with Gasteiger partial charge in [-0.15, -0.1) is 11.3 Å². The molecule has 8 nitrogen and oxygen atoms in total. The molecule has 2 aromatic rings. The first-order valence-electron chi connectivity index (χ1n) is 9.75. The van der Waals surface area contributed by atoms with Gasteiger partial charge in [0, 0.05) is 31.1 Å². The number of rotatable bonds is 4. The van der Waals surface area contributed by atoms with Crippen LogP contribution in [0.1, 0.15) is 23.3 Å². The molecule has 2 amide bonds. The van der Waals surface area contributed by atoms with Crippen LogP contribution in [0, 0.1) is 0 Å². The van der Waals surface area contributed by atoms with E-state index in [1.807, 2.05) is 7.05 Å². The highest BCUT2D eigenvalue weighted by Gasteiger charge is 2.21. The van der Waals surface area contributed by atoms with Gasteiger partial charge in [-0.2, -0.15) is 0 Å². The fraction of sp³-hybridized carbons (Fsp3) is 0.579. The van der Waals surface area contributed by atoms with Crippen molar-refractivity contribution < 1.29 is 9.59 Å². The minimum absolute atomic E-state index is 0.0409. The summed E-state index contributed by atoms with van der Waals surface area (Å²) in [5, 5.41) is 3.31. The van der Waals surface area contributed by atoms with Gasteiger partial charge in [0.2, 0.25) is 11.8 Å². The van der Waals surface area contributed by atoms with Gasteiger partial charge in [0.05, 0.1) is 18.3 Å². The Kier molecular flexibility index (Phi) is 5.45. The highest BCUT2D eigenvalue weighted by Crippen LogP contribution is 2.33. The van der Waals surface area contributed by atoms with Gasteiger partial charge in [0.15, 0.2) is 0 Å². The Hall–Kier alpha value is -2.26. The fourth-order valence-electron chi connectivity index (χ4n) is 3.85. The zero-order chi connectivity index (χ0) is 19.7. The van der Waals surface area contributed by atoms with E-state index in [9.17, 15) is 14.4 Å². The van der Waals surface area contributed by atoms with Gasteiger partial charge in [-0.3, -0.25) is 19.0 Å². The molecule has 0 radical (unpaired) electrons. The number of carbonyl (C=O) groups excluding carboxylic acids is 2. The molecule has 0 bridgehead atoms. The molecule has 0 aromatic carbocycles. The molecule has 28 heavy (non-hydrogen) atoms. The number of amides is 2. The van der Waals surface area contributed by atoms with Gasteiger partial charge in [0.25, 0.3) is 5.56 Å². The van der Waals surface area contributed by atoms with Crippen molar-refractivity contribution in [1.29, 1.82) is 0 Å². The first-order valence-corrected chi connectivity index (χ1v) is 10.6. The van der Waals surface area contributed by atoms with Gasteiger partial charge < -0.3 is 15.1 Å². The van der Waals surface area contributed by atoms with E-state index in [4.69, 9.17) is 0 Å². The molecule has 0 saturated carbocycles. The summed E-state index contributed by atoms with van der Waals surface area (Å²) in [6.45, 7) is 2.86. The second kappa shape index (κ2) is 8.00. The topological polar surface area (TPSA) is 87.5 Å². The van der Waals surface area contributed by atoms with Crippen LogP contribution in [0.3, 0.4) is 0 Å². The largest absolute Gasteiger partial charge is 0.345 e. The summed E-state index contributed by atoms with van der Waals surface area (Å²) in [5.41, 5.74) is 0.952. The summed E-state index contributed by atoms with van der Waals surface area (Å²) < 4.78 is 1.35. The van der Waals surface area contributed by atoms with E-state index in [-0.39, 0.29) is 30.5 Å². The van der Waals surface area contributed by atoms with Crippen LogP contribution >= 0.6 is 11.3 Å². The van der Waals surface area contributed by atoms with E-state index in [2.05, 4.69) is 15.2 Å². The molecule has 1 aliphatic heterocycles. The van der Waals surface area contributed by atoms with Crippen LogP contribution in [-0.2, 0) is 29.0 Å². The smallest absolute Gasteiger partial charge is 0.262 e. The van der Waals surface area contributed by atoms with Crippen molar-refractivity contribution in [3.05, 3.63) is 27.1 Å². The molecule has 0 unspecified atom stereocenters. The highest BCUT2D eigenvalue weighted by molar-refractivity contribution is 7.18. The standard InChI is InChI=1S/C19H25N5O3S/c1-22-6-8-23(9-7-22)16(26)10-20-15(25)11-24-12-21-18-17(19(24)27)13-4-2-3-5-14(13)28-18/h12H,2-11H2,1H3,(H,20,25). The third-order valence-electron chi connectivity index (χ3n) is 5.55. The van der Waals surface area contributed by atoms with Crippen LogP contribution in [0.2, 0.25) is 0 Å². The van der Waals surface area contributed by atoms with Gasteiger partial charge in [-0.1, -0.05) is 0 Å². The second-order valence-electron chi connectivity index (χ2n) is 7.53. The maximum absolute atomic E-state index is 12.9. The van der Waals surface area contributed by atoms with E-state index in [1.54, 1.807) is 16.2 Å². The van der Waals surface area contributed by atoms with Gasteiger partial charge in [-0.05, 0) is 38.3 Å². The first-order chi connectivity index (χ1) is 13.5. The van der Waals surface area contributed by atoms with Crippen LogP contribution in [0.5, 0.6) is 0 Å². The van der Waals surface area contributed by atoms with Crippen molar-refractivity contribution >= 4 is 33.4 Å². The number of nitrogens with zero attached hydrogens (tertiary/aromatic N) is 4.